The zero-order valence-electron chi connectivity index (χ0n) is 20.5. The van der Waals surface area contributed by atoms with E-state index in [2.05, 4.69) is 90.6 Å². The largest absolute Gasteiger partial charge is 0.494 e. The molecule has 0 amide bonds. The van der Waals surface area contributed by atoms with E-state index >= 15 is 0 Å². The Morgan fingerprint density at radius 2 is 1.39 bits per heavy atom. The molecule has 0 N–H and O–H groups in total. The average molecular weight is 425 g/mol. The smallest absolute Gasteiger partial charge is 0.400 e. The second kappa shape index (κ2) is 7.65. The molecule has 7 heteroatoms. The molecule has 1 aromatic carbocycles. The van der Waals surface area contributed by atoms with Crippen LogP contribution in [0.4, 0.5) is 5.69 Å². The van der Waals surface area contributed by atoms with Crippen LogP contribution in [0.5, 0.6) is 0 Å². The van der Waals surface area contributed by atoms with Crippen molar-refractivity contribution in [1.82, 2.24) is 0 Å². The van der Waals surface area contributed by atoms with Crippen molar-refractivity contribution < 1.29 is 18.6 Å². The van der Waals surface area contributed by atoms with E-state index in [0.29, 0.717) is 0 Å². The molecule has 0 aromatic heterocycles. The second-order valence-electron chi connectivity index (χ2n) is 10.8. The maximum Gasteiger partial charge on any atom is 0.494 e. The van der Waals surface area contributed by atoms with Gasteiger partial charge in [-0.1, -0.05) is 25.1 Å². The van der Waals surface area contributed by atoms with E-state index in [1.165, 1.54) is 11.2 Å². The maximum absolute atomic E-state index is 6.32. The Bertz CT molecular complexity index is 836. The molecule has 3 aliphatic rings. The zero-order chi connectivity index (χ0) is 22.7. The highest BCUT2D eigenvalue weighted by atomic mass is 16.7. The first kappa shape index (κ1) is 22.9. The van der Waals surface area contributed by atoms with Crippen molar-refractivity contribution in [3.63, 3.8) is 0 Å². The first-order chi connectivity index (χ1) is 14.4. The number of hydrogen-bond acceptors (Lipinski definition) is 5. The average Bonchev–Trinajstić information content (AvgIpc) is 3.09. The van der Waals surface area contributed by atoms with Crippen molar-refractivity contribution in [2.24, 2.45) is 0 Å². The van der Waals surface area contributed by atoms with Crippen LogP contribution in [0, 0.1) is 0 Å². The second-order valence-corrected chi connectivity index (χ2v) is 10.8. The Hall–Kier alpha value is -1.27. The topological polar surface area (TPSA) is 40.2 Å². The van der Waals surface area contributed by atoms with E-state index in [4.69, 9.17) is 18.6 Å². The van der Waals surface area contributed by atoms with E-state index in [0.717, 1.165) is 31.4 Å². The molecular formula is C24H37B2NO4. The van der Waals surface area contributed by atoms with Crippen LogP contribution < -0.4 is 10.4 Å². The van der Waals surface area contributed by atoms with Gasteiger partial charge in [0.05, 0.1) is 22.4 Å². The van der Waals surface area contributed by atoms with Gasteiger partial charge >= 0.3 is 14.2 Å². The van der Waals surface area contributed by atoms with E-state index < -0.39 is 0 Å². The molecule has 0 saturated carbocycles. The number of benzene rings is 1. The van der Waals surface area contributed by atoms with Crippen LogP contribution in [-0.2, 0) is 18.6 Å². The molecule has 0 radical (unpaired) electrons. The summed E-state index contributed by atoms with van der Waals surface area (Å²) in [7, 11) is -0.548. The lowest BCUT2D eigenvalue weighted by atomic mass is 9.74. The third-order valence-corrected chi connectivity index (χ3v) is 8.05. The van der Waals surface area contributed by atoms with Crippen molar-refractivity contribution in [2.45, 2.75) is 90.6 Å². The molecular weight excluding hydrogens is 388 g/mol. The molecule has 1 atom stereocenters. The summed E-state index contributed by atoms with van der Waals surface area (Å²) in [4.78, 5) is 2.38. The minimum absolute atomic E-state index is 0.234. The number of anilines is 1. The van der Waals surface area contributed by atoms with E-state index in [-0.39, 0.29) is 36.6 Å². The summed E-state index contributed by atoms with van der Waals surface area (Å²) in [6.45, 7) is 18.7. The van der Waals surface area contributed by atoms with E-state index in [1.54, 1.807) is 0 Å². The molecule has 31 heavy (non-hydrogen) atoms. The first-order valence-electron chi connectivity index (χ1n) is 11.6. The number of rotatable bonds is 4. The SMILES string of the molecule is CCC1(C)OB(c2ccc(N3CC=C(B4OC(C)(C)C(C)(C)O4)CC3)cc2)OC1(C)C. The van der Waals surface area contributed by atoms with Crippen molar-refractivity contribution in [3.8, 4) is 0 Å². The van der Waals surface area contributed by atoms with Crippen LogP contribution in [-0.4, -0.2) is 49.7 Å². The van der Waals surface area contributed by atoms with Gasteiger partial charge in [0.15, 0.2) is 0 Å². The van der Waals surface area contributed by atoms with Gasteiger partial charge in [0.2, 0.25) is 0 Å². The summed E-state index contributed by atoms with van der Waals surface area (Å²) in [6, 6.07) is 8.60. The van der Waals surface area contributed by atoms with Gasteiger partial charge in [-0.2, -0.15) is 0 Å². The molecule has 5 nitrogen and oxygen atoms in total. The summed E-state index contributed by atoms with van der Waals surface area (Å²) < 4.78 is 25.0. The maximum atomic E-state index is 6.32. The third-order valence-electron chi connectivity index (χ3n) is 8.05. The summed E-state index contributed by atoms with van der Waals surface area (Å²) in [5.74, 6) is 0. The van der Waals surface area contributed by atoms with Crippen LogP contribution in [0.2, 0.25) is 0 Å². The van der Waals surface area contributed by atoms with Crippen molar-refractivity contribution >= 4 is 25.4 Å². The zero-order valence-corrected chi connectivity index (χ0v) is 20.5. The quantitative estimate of drug-likeness (QED) is 0.679. The van der Waals surface area contributed by atoms with Crippen molar-refractivity contribution in [3.05, 3.63) is 35.8 Å². The fourth-order valence-corrected chi connectivity index (χ4v) is 4.41. The summed E-state index contributed by atoms with van der Waals surface area (Å²) >= 11 is 0. The fourth-order valence-electron chi connectivity index (χ4n) is 4.41. The minimum Gasteiger partial charge on any atom is -0.400 e. The lowest BCUT2D eigenvalue weighted by Gasteiger charge is -2.35. The van der Waals surface area contributed by atoms with Crippen LogP contribution in [0.3, 0.4) is 0 Å². The Morgan fingerprint density at radius 3 is 1.87 bits per heavy atom. The lowest BCUT2D eigenvalue weighted by Crippen LogP contribution is -2.44. The summed E-state index contributed by atoms with van der Waals surface area (Å²) in [5.41, 5.74) is 2.35. The van der Waals surface area contributed by atoms with Gasteiger partial charge in [0.25, 0.3) is 0 Å². The van der Waals surface area contributed by atoms with Gasteiger partial charge in [0, 0.05) is 18.8 Å². The lowest BCUT2D eigenvalue weighted by molar-refractivity contribution is -0.0118. The molecule has 2 fully saturated rings. The molecule has 3 aliphatic heterocycles. The summed E-state index contributed by atoms with van der Waals surface area (Å²) in [6.07, 6.45) is 4.12. The van der Waals surface area contributed by atoms with Crippen LogP contribution in [0.15, 0.2) is 35.8 Å². The predicted molar refractivity (Wildman–Crippen MR) is 128 cm³/mol. The standard InChI is InChI=1S/C24H37B2NO4/c1-9-24(8)23(6,7)30-26(31-24)18-10-12-20(13-11-18)27-16-14-19(15-17-27)25-28-21(2,3)22(4,5)29-25/h10-14H,9,15-17H2,1-8H3. The molecule has 168 valence electrons. The van der Waals surface area contributed by atoms with Gasteiger partial charge in [0.1, 0.15) is 0 Å². The van der Waals surface area contributed by atoms with Crippen LogP contribution >= 0.6 is 0 Å². The van der Waals surface area contributed by atoms with E-state index in [9.17, 15) is 0 Å². The third kappa shape index (κ3) is 3.99. The molecule has 2 saturated heterocycles. The number of nitrogens with zero attached hydrogens (tertiary/aromatic N) is 1. The molecule has 3 heterocycles. The minimum atomic E-state index is -0.315. The monoisotopic (exact) mass is 425 g/mol. The Balaban J connectivity index is 1.40. The fraction of sp³-hybridized carbons (Fsp3) is 0.667. The van der Waals surface area contributed by atoms with Gasteiger partial charge in [-0.15, -0.1) is 0 Å². The normalized spacial score (nSPS) is 29.4. The highest BCUT2D eigenvalue weighted by molar-refractivity contribution is 6.62. The van der Waals surface area contributed by atoms with Crippen LogP contribution in [0.25, 0.3) is 0 Å². The van der Waals surface area contributed by atoms with Gasteiger partial charge in [-0.25, -0.2) is 0 Å². The van der Waals surface area contributed by atoms with Gasteiger partial charge < -0.3 is 23.5 Å². The van der Waals surface area contributed by atoms with Gasteiger partial charge in [-0.05, 0) is 84.4 Å². The summed E-state index contributed by atoms with van der Waals surface area (Å²) in [5, 5.41) is 0. The molecule has 0 aliphatic carbocycles. The van der Waals surface area contributed by atoms with Crippen LogP contribution in [0.1, 0.15) is 68.2 Å². The highest BCUT2D eigenvalue weighted by Crippen LogP contribution is 2.40. The highest BCUT2D eigenvalue weighted by Gasteiger charge is 2.54. The Morgan fingerprint density at radius 1 is 0.806 bits per heavy atom. The first-order valence-corrected chi connectivity index (χ1v) is 11.6. The van der Waals surface area contributed by atoms with E-state index in [1.807, 2.05) is 0 Å². The number of hydrogen-bond donors (Lipinski definition) is 0. The molecule has 0 bridgehead atoms. The molecule has 1 aromatic rings. The molecule has 1 unspecified atom stereocenters. The molecule has 0 spiro atoms. The van der Waals surface area contributed by atoms with Gasteiger partial charge in [-0.3, -0.25) is 0 Å². The van der Waals surface area contributed by atoms with Crippen molar-refractivity contribution in [2.75, 3.05) is 18.0 Å². The molecule has 4 rings (SSSR count). The Labute approximate surface area is 188 Å². The van der Waals surface area contributed by atoms with Crippen molar-refractivity contribution in [1.29, 1.82) is 0 Å². The Kier molecular flexibility index (Phi) is 5.65. The predicted octanol–water partition coefficient (Wildman–Crippen LogP) is 4.14.